The molecule has 6 heteroatoms. The number of hydrogen-bond donors (Lipinski definition) is 1. The van der Waals surface area contributed by atoms with E-state index >= 15 is 0 Å². The molecule has 5 nitrogen and oxygen atoms in total. The average molecular weight is 312 g/mol. The minimum atomic E-state index is -0.442. The summed E-state index contributed by atoms with van der Waals surface area (Å²) < 4.78 is 15.3. The number of nitrogens with zero attached hydrogens (tertiary/aromatic N) is 4. The predicted octanol–water partition coefficient (Wildman–Crippen LogP) is 2.42. The molecule has 4 rings (SSSR count). The molecule has 0 spiro atoms. The van der Waals surface area contributed by atoms with E-state index in [1.54, 1.807) is 23.1 Å². The van der Waals surface area contributed by atoms with Gasteiger partial charge in [-0.15, -0.1) is 0 Å². The molecule has 2 atom stereocenters. The molecule has 1 aliphatic heterocycles. The molecule has 2 aromatic heterocycles. The van der Waals surface area contributed by atoms with Gasteiger partial charge in [0.05, 0.1) is 29.4 Å². The SMILES string of the molecule is Cn1ncc2c(N3C[C@H](O)C[C@H]3c3cccc(F)c3)ccnc21. The van der Waals surface area contributed by atoms with Gasteiger partial charge in [-0.2, -0.15) is 5.10 Å². The molecule has 1 saturated heterocycles. The molecular weight excluding hydrogens is 295 g/mol. The highest BCUT2D eigenvalue weighted by atomic mass is 19.1. The number of benzene rings is 1. The van der Waals surface area contributed by atoms with Gasteiger partial charge in [-0.05, 0) is 30.2 Å². The molecule has 0 saturated carbocycles. The third-order valence-corrected chi connectivity index (χ3v) is 4.43. The monoisotopic (exact) mass is 312 g/mol. The first-order valence-corrected chi connectivity index (χ1v) is 7.60. The Morgan fingerprint density at radius 1 is 1.30 bits per heavy atom. The number of β-amino-alcohol motifs (C(OH)–C–C–N with tert-alkyl or cyclic N) is 1. The number of aliphatic hydroxyl groups is 1. The van der Waals surface area contributed by atoms with Crippen LogP contribution in [0, 0.1) is 5.82 Å². The van der Waals surface area contributed by atoms with Crippen molar-refractivity contribution in [2.75, 3.05) is 11.4 Å². The zero-order valence-corrected chi connectivity index (χ0v) is 12.7. The molecule has 3 aromatic rings. The fourth-order valence-electron chi connectivity index (χ4n) is 3.39. The van der Waals surface area contributed by atoms with E-state index < -0.39 is 6.10 Å². The Hall–Kier alpha value is -2.47. The number of rotatable bonds is 2. The highest BCUT2D eigenvalue weighted by Crippen LogP contribution is 2.39. The van der Waals surface area contributed by atoms with Crippen LogP contribution in [0.15, 0.2) is 42.7 Å². The van der Waals surface area contributed by atoms with E-state index in [0.717, 1.165) is 22.3 Å². The number of anilines is 1. The first-order chi connectivity index (χ1) is 11.1. The van der Waals surface area contributed by atoms with Crippen LogP contribution in [-0.4, -0.2) is 32.5 Å². The first-order valence-electron chi connectivity index (χ1n) is 7.60. The van der Waals surface area contributed by atoms with Gasteiger partial charge in [0, 0.05) is 19.8 Å². The average Bonchev–Trinajstić information content (AvgIpc) is 3.11. The zero-order valence-electron chi connectivity index (χ0n) is 12.7. The topological polar surface area (TPSA) is 54.2 Å². The van der Waals surface area contributed by atoms with Crippen molar-refractivity contribution in [3.63, 3.8) is 0 Å². The van der Waals surface area contributed by atoms with Crippen LogP contribution in [0.4, 0.5) is 10.1 Å². The molecule has 1 fully saturated rings. The lowest BCUT2D eigenvalue weighted by molar-refractivity contribution is 0.194. The molecule has 118 valence electrons. The predicted molar refractivity (Wildman–Crippen MR) is 85.6 cm³/mol. The molecule has 0 bridgehead atoms. The van der Waals surface area contributed by atoms with Crippen LogP contribution in [0.5, 0.6) is 0 Å². The summed E-state index contributed by atoms with van der Waals surface area (Å²) in [7, 11) is 1.85. The van der Waals surface area contributed by atoms with Crippen molar-refractivity contribution >= 4 is 16.7 Å². The summed E-state index contributed by atoms with van der Waals surface area (Å²) in [6.45, 7) is 0.509. The van der Waals surface area contributed by atoms with Crippen molar-refractivity contribution in [2.24, 2.45) is 7.05 Å². The summed E-state index contributed by atoms with van der Waals surface area (Å²) in [5, 5.41) is 15.4. The van der Waals surface area contributed by atoms with Crippen LogP contribution in [0.2, 0.25) is 0 Å². The second kappa shape index (κ2) is 5.31. The number of halogens is 1. The number of aryl methyl sites for hydroxylation is 1. The van der Waals surface area contributed by atoms with Crippen molar-refractivity contribution in [3.8, 4) is 0 Å². The van der Waals surface area contributed by atoms with E-state index in [1.807, 2.05) is 19.2 Å². The van der Waals surface area contributed by atoms with Crippen LogP contribution in [0.25, 0.3) is 11.0 Å². The number of hydrogen-bond acceptors (Lipinski definition) is 4. The Bertz CT molecular complexity index is 863. The van der Waals surface area contributed by atoms with Gasteiger partial charge in [0.2, 0.25) is 0 Å². The lowest BCUT2D eigenvalue weighted by atomic mass is 10.0. The first kappa shape index (κ1) is 14.1. The Labute approximate surface area is 133 Å². The van der Waals surface area contributed by atoms with Crippen LogP contribution in [0.1, 0.15) is 18.0 Å². The Kier molecular flexibility index (Phi) is 3.27. The minimum absolute atomic E-state index is 0.0634. The normalized spacial score (nSPS) is 21.3. The molecule has 0 amide bonds. The lowest BCUT2D eigenvalue weighted by Gasteiger charge is -2.27. The molecule has 3 heterocycles. The van der Waals surface area contributed by atoms with Crippen LogP contribution >= 0.6 is 0 Å². The fraction of sp³-hybridized carbons (Fsp3) is 0.294. The van der Waals surface area contributed by atoms with Crippen LogP contribution < -0.4 is 4.90 Å². The van der Waals surface area contributed by atoms with Crippen LogP contribution in [0.3, 0.4) is 0 Å². The van der Waals surface area contributed by atoms with Gasteiger partial charge in [-0.25, -0.2) is 9.37 Å². The van der Waals surface area contributed by atoms with E-state index in [0.29, 0.717) is 13.0 Å². The largest absolute Gasteiger partial charge is 0.391 e. The highest BCUT2D eigenvalue weighted by molar-refractivity contribution is 5.89. The van der Waals surface area contributed by atoms with Gasteiger partial charge in [-0.3, -0.25) is 4.68 Å². The quantitative estimate of drug-likeness (QED) is 0.789. The fourth-order valence-corrected chi connectivity index (χ4v) is 3.39. The van der Waals surface area contributed by atoms with E-state index in [4.69, 9.17) is 0 Å². The van der Waals surface area contributed by atoms with E-state index in [9.17, 15) is 9.50 Å². The summed E-state index contributed by atoms with van der Waals surface area (Å²) in [5.74, 6) is -0.259. The zero-order chi connectivity index (χ0) is 16.0. The van der Waals surface area contributed by atoms with Crippen molar-refractivity contribution in [3.05, 3.63) is 54.1 Å². The van der Waals surface area contributed by atoms with Gasteiger partial charge >= 0.3 is 0 Å². The van der Waals surface area contributed by atoms with Gasteiger partial charge in [0.25, 0.3) is 0 Å². The van der Waals surface area contributed by atoms with E-state index in [1.165, 1.54) is 12.1 Å². The second-order valence-corrected chi connectivity index (χ2v) is 5.95. The molecule has 0 unspecified atom stereocenters. The molecule has 1 N–H and O–H groups in total. The van der Waals surface area contributed by atoms with E-state index in [2.05, 4.69) is 15.0 Å². The molecule has 0 aliphatic carbocycles. The van der Waals surface area contributed by atoms with E-state index in [-0.39, 0.29) is 11.9 Å². The number of fused-ring (bicyclic) bond motifs is 1. The molecule has 0 radical (unpaired) electrons. The summed E-state index contributed by atoms with van der Waals surface area (Å²) in [5.41, 5.74) is 2.63. The second-order valence-electron chi connectivity index (χ2n) is 5.95. The minimum Gasteiger partial charge on any atom is -0.391 e. The lowest BCUT2D eigenvalue weighted by Crippen LogP contribution is -2.24. The van der Waals surface area contributed by atoms with Crippen molar-refractivity contribution in [1.82, 2.24) is 14.8 Å². The number of aromatic nitrogens is 3. The maximum absolute atomic E-state index is 13.6. The van der Waals surface area contributed by atoms with Gasteiger partial charge in [0.15, 0.2) is 5.65 Å². The number of aliphatic hydroxyl groups excluding tert-OH is 1. The molecule has 1 aliphatic rings. The summed E-state index contributed by atoms with van der Waals surface area (Å²) in [6, 6.07) is 8.45. The van der Waals surface area contributed by atoms with Gasteiger partial charge in [-0.1, -0.05) is 12.1 Å². The standard InChI is InChI=1S/C17H17FN4O/c1-21-17-14(9-20-21)15(5-6-19-17)22-10-13(23)8-16(22)11-3-2-4-12(18)7-11/h2-7,9,13,16,23H,8,10H2,1H3/t13-,16+/m1/s1. The Morgan fingerprint density at radius 2 is 2.17 bits per heavy atom. The highest BCUT2D eigenvalue weighted by Gasteiger charge is 2.33. The number of pyridine rings is 1. The van der Waals surface area contributed by atoms with Gasteiger partial charge in [0.1, 0.15) is 5.82 Å². The van der Waals surface area contributed by atoms with Crippen LogP contribution in [-0.2, 0) is 7.05 Å². The third-order valence-electron chi connectivity index (χ3n) is 4.43. The summed E-state index contributed by atoms with van der Waals surface area (Å²) in [6.07, 6.45) is 3.66. The maximum Gasteiger partial charge on any atom is 0.159 e. The van der Waals surface area contributed by atoms with Gasteiger partial charge < -0.3 is 10.0 Å². The molecule has 23 heavy (non-hydrogen) atoms. The Balaban J connectivity index is 1.82. The maximum atomic E-state index is 13.6. The Morgan fingerprint density at radius 3 is 3.00 bits per heavy atom. The smallest absolute Gasteiger partial charge is 0.159 e. The van der Waals surface area contributed by atoms with Crippen molar-refractivity contribution in [2.45, 2.75) is 18.6 Å². The van der Waals surface area contributed by atoms with Crippen molar-refractivity contribution < 1.29 is 9.50 Å². The third kappa shape index (κ3) is 2.35. The molecular formula is C17H17FN4O. The summed E-state index contributed by atoms with van der Waals surface area (Å²) >= 11 is 0. The van der Waals surface area contributed by atoms with Crippen molar-refractivity contribution in [1.29, 1.82) is 0 Å². The molecule has 1 aromatic carbocycles. The summed E-state index contributed by atoms with van der Waals surface area (Å²) in [4.78, 5) is 6.47.